The first-order chi connectivity index (χ1) is 9.29. The molecule has 0 radical (unpaired) electrons. The van der Waals surface area contributed by atoms with E-state index in [9.17, 15) is 0 Å². The minimum absolute atomic E-state index is 0.614. The Kier molecular flexibility index (Phi) is 7.89. The quantitative estimate of drug-likeness (QED) is 0.661. The van der Waals surface area contributed by atoms with Crippen molar-refractivity contribution < 1.29 is 9.47 Å². The molecule has 0 aliphatic rings. The van der Waals surface area contributed by atoms with E-state index in [4.69, 9.17) is 9.47 Å². The molecule has 0 aliphatic carbocycles. The molecule has 0 spiro atoms. The lowest BCUT2D eigenvalue weighted by molar-refractivity contribution is 0.131. The van der Waals surface area contributed by atoms with Crippen molar-refractivity contribution in [3.63, 3.8) is 0 Å². The molecule has 0 saturated carbocycles. The van der Waals surface area contributed by atoms with Gasteiger partial charge in [0.05, 0.1) is 12.2 Å². The molecule has 1 heterocycles. The van der Waals surface area contributed by atoms with Crippen LogP contribution in [0.2, 0.25) is 0 Å². The van der Waals surface area contributed by atoms with Gasteiger partial charge in [0.2, 0.25) is 5.88 Å². The highest BCUT2D eigenvalue weighted by molar-refractivity contribution is 5.47. The van der Waals surface area contributed by atoms with E-state index in [1.165, 1.54) is 12.7 Å². The van der Waals surface area contributed by atoms with Crippen molar-refractivity contribution >= 4 is 5.82 Å². The van der Waals surface area contributed by atoms with E-state index in [0.29, 0.717) is 12.5 Å². The Morgan fingerprint density at radius 1 is 1.16 bits per heavy atom. The number of aromatic nitrogens is 2. The van der Waals surface area contributed by atoms with E-state index in [1.54, 1.807) is 0 Å². The molecule has 108 valence electrons. The lowest BCUT2D eigenvalue weighted by atomic mass is 10.3. The summed E-state index contributed by atoms with van der Waals surface area (Å²) in [7, 11) is 0. The standard InChI is InChI=1S/C14H25N3O2/c1-4-6-9-18-10-7-8-15-13-12(3)14(19-5-2)17-11-16-13/h11H,4-10H2,1-3H3,(H,15,16,17). The van der Waals surface area contributed by atoms with Crippen molar-refractivity contribution in [2.45, 2.75) is 40.0 Å². The molecule has 0 atom stereocenters. The zero-order valence-corrected chi connectivity index (χ0v) is 12.2. The van der Waals surface area contributed by atoms with Gasteiger partial charge in [0.25, 0.3) is 0 Å². The Morgan fingerprint density at radius 3 is 2.68 bits per heavy atom. The second kappa shape index (κ2) is 9.55. The van der Waals surface area contributed by atoms with E-state index in [1.807, 2.05) is 13.8 Å². The first kappa shape index (κ1) is 15.7. The summed E-state index contributed by atoms with van der Waals surface area (Å²) in [6.07, 6.45) is 4.81. The van der Waals surface area contributed by atoms with Gasteiger partial charge in [-0.05, 0) is 26.7 Å². The van der Waals surface area contributed by atoms with Crippen LogP contribution in [0.15, 0.2) is 6.33 Å². The maximum atomic E-state index is 5.51. The first-order valence-corrected chi connectivity index (χ1v) is 7.05. The Hall–Kier alpha value is -1.36. The molecule has 5 nitrogen and oxygen atoms in total. The molecule has 0 aliphatic heterocycles. The summed E-state index contributed by atoms with van der Waals surface area (Å²) in [6, 6.07) is 0. The van der Waals surface area contributed by atoms with Crippen molar-refractivity contribution in [3.05, 3.63) is 11.9 Å². The van der Waals surface area contributed by atoms with Gasteiger partial charge in [-0.1, -0.05) is 13.3 Å². The van der Waals surface area contributed by atoms with Crippen molar-refractivity contribution in [2.75, 3.05) is 31.7 Å². The van der Waals surface area contributed by atoms with Gasteiger partial charge in [-0.3, -0.25) is 0 Å². The van der Waals surface area contributed by atoms with Crippen LogP contribution >= 0.6 is 0 Å². The number of ether oxygens (including phenoxy) is 2. The molecule has 1 rings (SSSR count). The van der Waals surface area contributed by atoms with Gasteiger partial charge >= 0.3 is 0 Å². The Balaban J connectivity index is 2.27. The summed E-state index contributed by atoms with van der Waals surface area (Å²) in [5.74, 6) is 1.49. The molecule has 1 aromatic rings. The third-order valence-corrected chi connectivity index (χ3v) is 2.72. The smallest absolute Gasteiger partial charge is 0.221 e. The average molecular weight is 267 g/mol. The lowest BCUT2D eigenvalue weighted by Gasteiger charge is -2.11. The van der Waals surface area contributed by atoms with Crippen LogP contribution in [0.1, 0.15) is 38.7 Å². The highest BCUT2D eigenvalue weighted by Crippen LogP contribution is 2.19. The SMILES string of the molecule is CCCCOCCCNc1ncnc(OCC)c1C. The largest absolute Gasteiger partial charge is 0.478 e. The minimum atomic E-state index is 0.614. The maximum Gasteiger partial charge on any atom is 0.221 e. The predicted octanol–water partition coefficient (Wildman–Crippen LogP) is 2.80. The second-order valence-corrected chi connectivity index (χ2v) is 4.33. The fourth-order valence-corrected chi connectivity index (χ4v) is 1.62. The van der Waals surface area contributed by atoms with E-state index < -0.39 is 0 Å². The van der Waals surface area contributed by atoms with Crippen LogP contribution in [0.3, 0.4) is 0 Å². The van der Waals surface area contributed by atoms with Gasteiger partial charge in [-0.2, -0.15) is 0 Å². The molecule has 1 N–H and O–H groups in total. The number of nitrogens with one attached hydrogen (secondary N) is 1. The lowest BCUT2D eigenvalue weighted by Crippen LogP contribution is -2.10. The Morgan fingerprint density at radius 2 is 1.95 bits per heavy atom. The molecule has 0 bridgehead atoms. The molecule has 0 saturated heterocycles. The summed E-state index contributed by atoms with van der Waals surface area (Å²) < 4.78 is 10.9. The number of unbranched alkanes of at least 4 members (excludes halogenated alkanes) is 1. The number of hydrogen-bond donors (Lipinski definition) is 1. The summed E-state index contributed by atoms with van der Waals surface area (Å²) in [5.41, 5.74) is 0.955. The minimum Gasteiger partial charge on any atom is -0.478 e. The molecule has 19 heavy (non-hydrogen) atoms. The van der Waals surface area contributed by atoms with Crippen LogP contribution < -0.4 is 10.1 Å². The monoisotopic (exact) mass is 267 g/mol. The third-order valence-electron chi connectivity index (χ3n) is 2.72. The zero-order chi connectivity index (χ0) is 13.9. The number of nitrogens with zero attached hydrogens (tertiary/aromatic N) is 2. The van der Waals surface area contributed by atoms with Crippen molar-refractivity contribution in [1.29, 1.82) is 0 Å². The van der Waals surface area contributed by atoms with Crippen LogP contribution in [-0.2, 0) is 4.74 Å². The first-order valence-electron chi connectivity index (χ1n) is 7.05. The van der Waals surface area contributed by atoms with Crippen molar-refractivity contribution in [3.8, 4) is 5.88 Å². The molecule has 0 aromatic carbocycles. The number of anilines is 1. The van der Waals surface area contributed by atoms with Gasteiger partial charge in [0.1, 0.15) is 12.1 Å². The van der Waals surface area contributed by atoms with Gasteiger partial charge in [0.15, 0.2) is 0 Å². The molecule has 5 heteroatoms. The summed E-state index contributed by atoms with van der Waals surface area (Å²) in [4.78, 5) is 8.33. The predicted molar refractivity (Wildman–Crippen MR) is 76.8 cm³/mol. The van der Waals surface area contributed by atoms with Crippen LogP contribution in [0.25, 0.3) is 0 Å². The highest BCUT2D eigenvalue weighted by Gasteiger charge is 2.06. The summed E-state index contributed by atoms with van der Waals surface area (Å²) in [6.45, 7) is 9.18. The fourth-order valence-electron chi connectivity index (χ4n) is 1.62. The van der Waals surface area contributed by atoms with Crippen LogP contribution in [0, 0.1) is 6.92 Å². The molecular formula is C14H25N3O2. The topological polar surface area (TPSA) is 56.3 Å². The van der Waals surface area contributed by atoms with E-state index >= 15 is 0 Å². The Labute approximate surface area is 115 Å². The fraction of sp³-hybridized carbons (Fsp3) is 0.714. The van der Waals surface area contributed by atoms with Crippen LogP contribution in [-0.4, -0.2) is 36.3 Å². The second-order valence-electron chi connectivity index (χ2n) is 4.33. The van der Waals surface area contributed by atoms with E-state index in [2.05, 4.69) is 22.2 Å². The molecule has 0 unspecified atom stereocenters. The van der Waals surface area contributed by atoms with Gasteiger partial charge in [-0.25, -0.2) is 9.97 Å². The van der Waals surface area contributed by atoms with Crippen molar-refractivity contribution in [2.24, 2.45) is 0 Å². The third kappa shape index (κ3) is 5.87. The zero-order valence-electron chi connectivity index (χ0n) is 12.2. The van der Waals surface area contributed by atoms with Crippen LogP contribution in [0.4, 0.5) is 5.82 Å². The highest BCUT2D eigenvalue weighted by atomic mass is 16.5. The molecule has 1 aromatic heterocycles. The van der Waals surface area contributed by atoms with Gasteiger partial charge < -0.3 is 14.8 Å². The van der Waals surface area contributed by atoms with E-state index in [-0.39, 0.29) is 0 Å². The number of rotatable bonds is 10. The summed E-state index contributed by atoms with van der Waals surface area (Å²) in [5, 5.41) is 3.29. The average Bonchev–Trinajstić information content (AvgIpc) is 2.42. The summed E-state index contributed by atoms with van der Waals surface area (Å²) >= 11 is 0. The van der Waals surface area contributed by atoms with Gasteiger partial charge in [-0.15, -0.1) is 0 Å². The normalized spacial score (nSPS) is 10.5. The molecule has 0 amide bonds. The Bertz CT molecular complexity index is 359. The van der Waals surface area contributed by atoms with Crippen molar-refractivity contribution in [1.82, 2.24) is 9.97 Å². The van der Waals surface area contributed by atoms with Crippen LogP contribution in [0.5, 0.6) is 5.88 Å². The van der Waals surface area contributed by atoms with E-state index in [0.717, 1.165) is 44.0 Å². The molecular weight excluding hydrogens is 242 g/mol. The maximum absolute atomic E-state index is 5.51. The molecule has 0 fully saturated rings. The number of hydrogen-bond acceptors (Lipinski definition) is 5. The van der Waals surface area contributed by atoms with Gasteiger partial charge in [0, 0.05) is 19.8 Å².